The molecule has 16 heteroatoms. The van der Waals surface area contributed by atoms with Gasteiger partial charge in [0.15, 0.2) is 17.5 Å². The molecule has 3 aromatic rings. The highest BCUT2D eigenvalue weighted by molar-refractivity contribution is 5.90. The number of nitrogens with zero attached hydrogens (tertiary/aromatic N) is 4. The molecule has 1 aliphatic heterocycles. The number of rotatable bonds is 10. The molecule has 0 saturated carbocycles. The molecule has 10 nitrogen and oxygen atoms in total. The second-order valence-corrected chi connectivity index (χ2v) is 10.4. The molecule has 236 valence electrons. The SMILES string of the molecule is CC(NC(=O)C(N)Cc1ccccc1)C(=O)NC(CC(=O)N1CCn2c(nnc2C(F)(F)F)C1)Cc1cc(F)c(F)cc1F. The van der Waals surface area contributed by atoms with Crippen LogP contribution in [0.5, 0.6) is 0 Å². The third kappa shape index (κ3) is 7.92. The Labute approximate surface area is 247 Å². The van der Waals surface area contributed by atoms with Gasteiger partial charge >= 0.3 is 6.18 Å². The van der Waals surface area contributed by atoms with Gasteiger partial charge in [-0.3, -0.25) is 14.4 Å². The first kappa shape index (κ1) is 32.4. The molecule has 4 N–H and O–H groups in total. The van der Waals surface area contributed by atoms with E-state index in [4.69, 9.17) is 5.73 Å². The van der Waals surface area contributed by atoms with Gasteiger partial charge in [-0.15, -0.1) is 10.2 Å². The predicted molar refractivity (Wildman–Crippen MR) is 143 cm³/mol. The van der Waals surface area contributed by atoms with Gasteiger partial charge in [-0.1, -0.05) is 30.3 Å². The van der Waals surface area contributed by atoms with Crippen LogP contribution in [0.4, 0.5) is 26.3 Å². The van der Waals surface area contributed by atoms with Gasteiger partial charge in [-0.2, -0.15) is 13.2 Å². The van der Waals surface area contributed by atoms with Crippen LogP contribution >= 0.6 is 0 Å². The summed E-state index contributed by atoms with van der Waals surface area (Å²) in [7, 11) is 0. The van der Waals surface area contributed by atoms with Crippen LogP contribution < -0.4 is 16.4 Å². The van der Waals surface area contributed by atoms with E-state index in [2.05, 4.69) is 20.8 Å². The predicted octanol–water partition coefficient (Wildman–Crippen LogP) is 2.25. The minimum absolute atomic E-state index is 0.104. The van der Waals surface area contributed by atoms with Crippen molar-refractivity contribution < 1.29 is 40.7 Å². The fourth-order valence-electron chi connectivity index (χ4n) is 4.75. The van der Waals surface area contributed by atoms with E-state index >= 15 is 0 Å². The number of hydrogen-bond donors (Lipinski definition) is 3. The lowest BCUT2D eigenvalue weighted by Gasteiger charge is -2.30. The van der Waals surface area contributed by atoms with Crippen LogP contribution in [0.1, 0.15) is 36.1 Å². The van der Waals surface area contributed by atoms with E-state index in [0.717, 1.165) is 10.1 Å². The van der Waals surface area contributed by atoms with E-state index in [1.54, 1.807) is 30.3 Å². The van der Waals surface area contributed by atoms with Gasteiger partial charge in [0.2, 0.25) is 23.5 Å². The van der Waals surface area contributed by atoms with Crippen LogP contribution in [0.15, 0.2) is 42.5 Å². The molecule has 3 unspecified atom stereocenters. The number of amides is 3. The number of nitrogens with two attached hydrogens (primary N) is 1. The number of hydrogen-bond acceptors (Lipinski definition) is 6. The van der Waals surface area contributed by atoms with Crippen LogP contribution in [-0.4, -0.2) is 62.1 Å². The highest BCUT2D eigenvalue weighted by atomic mass is 19.4. The molecule has 1 aliphatic rings. The topological polar surface area (TPSA) is 135 Å². The van der Waals surface area contributed by atoms with Gasteiger partial charge in [0.25, 0.3) is 0 Å². The second-order valence-electron chi connectivity index (χ2n) is 10.4. The normalized spacial score (nSPS) is 15.2. The maximum absolute atomic E-state index is 14.5. The lowest BCUT2D eigenvalue weighted by atomic mass is 10.0. The lowest BCUT2D eigenvalue weighted by molar-refractivity contribution is -0.148. The number of fused-ring (bicyclic) bond motifs is 1. The van der Waals surface area contributed by atoms with E-state index in [1.807, 2.05) is 0 Å². The third-order valence-corrected chi connectivity index (χ3v) is 7.07. The summed E-state index contributed by atoms with van der Waals surface area (Å²) >= 11 is 0. The standard InChI is InChI=1S/C28H29F6N7O3/c1-15(36-26(44)22(35)9-16-5-3-2-4-6-16)25(43)37-18(10-17-11-20(30)21(31)13-19(17)29)12-24(42)40-7-8-41-23(14-40)38-39-27(41)28(32,33)34/h2-6,11,13,15,18,22H,7-10,12,14,35H2,1H3,(H,36,44)(H,37,43). The number of halogens is 6. The molecule has 2 heterocycles. The van der Waals surface area contributed by atoms with Gasteiger partial charge in [0, 0.05) is 31.6 Å². The molecule has 4 rings (SSSR count). The number of aromatic nitrogens is 3. The fourth-order valence-corrected chi connectivity index (χ4v) is 4.75. The van der Waals surface area contributed by atoms with Crippen LogP contribution in [-0.2, 0) is 46.5 Å². The number of alkyl halides is 3. The zero-order valence-corrected chi connectivity index (χ0v) is 23.4. The number of carbonyl (C=O) groups excluding carboxylic acids is 3. The molecule has 0 saturated heterocycles. The molecule has 0 bridgehead atoms. The molecule has 2 aromatic carbocycles. The highest BCUT2D eigenvalue weighted by Gasteiger charge is 2.40. The van der Waals surface area contributed by atoms with Gasteiger partial charge in [0.1, 0.15) is 11.9 Å². The highest BCUT2D eigenvalue weighted by Crippen LogP contribution is 2.29. The van der Waals surface area contributed by atoms with Gasteiger partial charge in [0.05, 0.1) is 12.6 Å². The zero-order chi connectivity index (χ0) is 32.2. The van der Waals surface area contributed by atoms with Gasteiger partial charge in [-0.05, 0) is 37.0 Å². The summed E-state index contributed by atoms with van der Waals surface area (Å²) in [6.45, 7) is 0.659. The quantitative estimate of drug-likeness (QED) is 0.234. The molecular weight excluding hydrogens is 596 g/mol. The molecular formula is C28H29F6N7O3. The Morgan fingerprint density at radius 1 is 0.932 bits per heavy atom. The second kappa shape index (κ2) is 13.4. The Morgan fingerprint density at radius 3 is 2.30 bits per heavy atom. The van der Waals surface area contributed by atoms with Crippen LogP contribution in [0.3, 0.4) is 0 Å². The maximum Gasteiger partial charge on any atom is 0.451 e. The molecule has 0 radical (unpaired) electrons. The zero-order valence-electron chi connectivity index (χ0n) is 23.4. The average Bonchev–Trinajstić information content (AvgIpc) is 3.40. The van der Waals surface area contributed by atoms with Crippen molar-refractivity contribution in [1.82, 2.24) is 30.3 Å². The molecule has 3 atom stereocenters. The van der Waals surface area contributed by atoms with Crippen molar-refractivity contribution in [2.75, 3.05) is 6.54 Å². The molecule has 1 aromatic heterocycles. The first-order valence-corrected chi connectivity index (χ1v) is 13.5. The van der Waals surface area contributed by atoms with Gasteiger partial charge in [-0.25, -0.2) is 13.2 Å². The number of nitrogens with one attached hydrogen (secondary N) is 2. The minimum Gasteiger partial charge on any atom is -0.351 e. The Balaban J connectivity index is 1.45. The maximum atomic E-state index is 14.5. The largest absolute Gasteiger partial charge is 0.451 e. The summed E-state index contributed by atoms with van der Waals surface area (Å²) in [5.74, 6) is -7.24. The van der Waals surface area contributed by atoms with Crippen molar-refractivity contribution in [1.29, 1.82) is 0 Å². The van der Waals surface area contributed by atoms with E-state index < -0.39 is 78.1 Å². The van der Waals surface area contributed by atoms with Crippen LogP contribution in [0, 0.1) is 17.5 Å². The summed E-state index contributed by atoms with van der Waals surface area (Å²) in [5, 5.41) is 11.7. The Morgan fingerprint density at radius 2 is 1.61 bits per heavy atom. The summed E-state index contributed by atoms with van der Waals surface area (Å²) in [5.41, 5.74) is 6.44. The minimum atomic E-state index is -4.74. The number of benzene rings is 2. The van der Waals surface area contributed by atoms with E-state index in [0.29, 0.717) is 12.1 Å². The Hall–Kier alpha value is -4.47. The molecule has 44 heavy (non-hydrogen) atoms. The average molecular weight is 626 g/mol. The van der Waals surface area contributed by atoms with Gasteiger partial charge < -0.3 is 25.8 Å². The van der Waals surface area contributed by atoms with Crippen molar-refractivity contribution in [3.05, 3.63) is 82.7 Å². The summed E-state index contributed by atoms with van der Waals surface area (Å²) < 4.78 is 82.3. The fraction of sp³-hybridized carbons (Fsp3) is 0.393. The van der Waals surface area contributed by atoms with Crippen molar-refractivity contribution in [2.24, 2.45) is 5.73 Å². The van der Waals surface area contributed by atoms with Crippen LogP contribution in [0.2, 0.25) is 0 Å². The van der Waals surface area contributed by atoms with Crippen LogP contribution in [0.25, 0.3) is 0 Å². The first-order chi connectivity index (χ1) is 20.7. The summed E-state index contributed by atoms with van der Waals surface area (Å²) in [6.07, 6.45) is -5.48. The molecule has 3 amide bonds. The number of carbonyl (C=O) groups is 3. The molecule has 0 spiro atoms. The third-order valence-electron chi connectivity index (χ3n) is 7.07. The molecule has 0 fully saturated rings. The van der Waals surface area contributed by atoms with E-state index in [9.17, 15) is 40.7 Å². The van der Waals surface area contributed by atoms with Crippen molar-refractivity contribution in [3.8, 4) is 0 Å². The first-order valence-electron chi connectivity index (χ1n) is 13.5. The van der Waals surface area contributed by atoms with E-state index in [1.165, 1.54) is 11.8 Å². The smallest absolute Gasteiger partial charge is 0.351 e. The lowest BCUT2D eigenvalue weighted by Crippen LogP contribution is -2.53. The van der Waals surface area contributed by atoms with Crippen molar-refractivity contribution >= 4 is 17.7 Å². The van der Waals surface area contributed by atoms with Crippen molar-refractivity contribution in [3.63, 3.8) is 0 Å². The Kier molecular flexibility index (Phi) is 9.91. The van der Waals surface area contributed by atoms with Crippen molar-refractivity contribution in [2.45, 2.75) is 63.6 Å². The Bertz CT molecular complexity index is 1520. The monoisotopic (exact) mass is 625 g/mol. The van der Waals surface area contributed by atoms with E-state index in [-0.39, 0.29) is 37.4 Å². The summed E-state index contributed by atoms with van der Waals surface area (Å²) in [6, 6.07) is 6.53. The molecule has 0 aliphatic carbocycles. The summed E-state index contributed by atoms with van der Waals surface area (Å²) in [4.78, 5) is 40.0.